The average Bonchev–Trinajstić information content (AvgIpc) is 2.53. The van der Waals surface area contributed by atoms with Gasteiger partial charge in [0.2, 0.25) is 0 Å². The van der Waals surface area contributed by atoms with Crippen LogP contribution in [0.2, 0.25) is 0 Å². The third-order valence-electron chi connectivity index (χ3n) is 3.12. The Bertz CT molecular complexity index is 679. The smallest absolute Gasteiger partial charge is 0.267 e. The maximum absolute atomic E-state index is 12.0. The van der Waals surface area contributed by atoms with Crippen molar-refractivity contribution in [2.24, 2.45) is 11.7 Å². The summed E-state index contributed by atoms with van der Waals surface area (Å²) in [7, 11) is 0. The minimum absolute atomic E-state index is 0.0981. The molecule has 0 aliphatic heterocycles. The molecule has 0 bridgehead atoms. The summed E-state index contributed by atoms with van der Waals surface area (Å²) in [5, 5.41) is 2.87. The Morgan fingerprint density at radius 1 is 1.14 bits per heavy atom. The van der Waals surface area contributed by atoms with E-state index in [0.717, 1.165) is 5.56 Å². The SMILES string of the molecule is CC(C)CNC(=O)c1ccc(-c2cccc(C(N)=O)n2)cc1. The van der Waals surface area contributed by atoms with E-state index in [1.165, 1.54) is 0 Å². The van der Waals surface area contributed by atoms with Gasteiger partial charge in [-0.15, -0.1) is 0 Å². The Balaban J connectivity index is 2.16. The number of pyridine rings is 1. The molecule has 1 aromatic carbocycles. The zero-order valence-corrected chi connectivity index (χ0v) is 12.7. The van der Waals surface area contributed by atoms with E-state index in [2.05, 4.69) is 10.3 Å². The van der Waals surface area contributed by atoms with Crippen LogP contribution >= 0.6 is 0 Å². The molecule has 2 aromatic rings. The molecule has 22 heavy (non-hydrogen) atoms. The first-order chi connectivity index (χ1) is 10.5. The second-order valence-electron chi connectivity index (χ2n) is 5.45. The molecule has 0 spiro atoms. The Labute approximate surface area is 129 Å². The molecule has 2 amide bonds. The predicted molar refractivity (Wildman–Crippen MR) is 85.4 cm³/mol. The third kappa shape index (κ3) is 3.91. The number of nitrogens with two attached hydrogens (primary N) is 1. The fraction of sp³-hybridized carbons (Fsp3) is 0.235. The zero-order chi connectivity index (χ0) is 16.1. The molecule has 2 rings (SSSR count). The number of rotatable bonds is 5. The fourth-order valence-electron chi connectivity index (χ4n) is 1.92. The van der Waals surface area contributed by atoms with Crippen LogP contribution in [0.25, 0.3) is 11.3 Å². The van der Waals surface area contributed by atoms with E-state index in [-0.39, 0.29) is 11.6 Å². The Kier molecular flexibility index (Phi) is 4.88. The van der Waals surface area contributed by atoms with Gasteiger partial charge in [0.1, 0.15) is 5.69 Å². The van der Waals surface area contributed by atoms with E-state index in [9.17, 15) is 9.59 Å². The lowest BCUT2D eigenvalue weighted by Crippen LogP contribution is -2.27. The first-order valence-corrected chi connectivity index (χ1v) is 7.13. The van der Waals surface area contributed by atoms with Crippen LogP contribution in [-0.4, -0.2) is 23.3 Å². The van der Waals surface area contributed by atoms with Gasteiger partial charge in [-0.1, -0.05) is 32.0 Å². The molecule has 0 saturated heterocycles. The number of hydrogen-bond acceptors (Lipinski definition) is 3. The van der Waals surface area contributed by atoms with Gasteiger partial charge < -0.3 is 11.1 Å². The number of carbonyl (C=O) groups is 2. The summed E-state index contributed by atoms with van der Waals surface area (Å²) >= 11 is 0. The summed E-state index contributed by atoms with van der Waals surface area (Å²) in [6, 6.07) is 12.2. The second kappa shape index (κ2) is 6.85. The molecule has 114 valence electrons. The van der Waals surface area contributed by atoms with Gasteiger partial charge in [-0.3, -0.25) is 9.59 Å². The molecule has 0 unspecified atom stereocenters. The molecular formula is C17H19N3O2. The van der Waals surface area contributed by atoms with Gasteiger partial charge in [0, 0.05) is 17.7 Å². The van der Waals surface area contributed by atoms with Crippen molar-refractivity contribution < 1.29 is 9.59 Å². The van der Waals surface area contributed by atoms with Crippen molar-refractivity contribution in [1.82, 2.24) is 10.3 Å². The average molecular weight is 297 g/mol. The quantitative estimate of drug-likeness (QED) is 0.887. The van der Waals surface area contributed by atoms with Crippen LogP contribution < -0.4 is 11.1 Å². The predicted octanol–water partition coefficient (Wildman–Crippen LogP) is 2.23. The minimum Gasteiger partial charge on any atom is -0.364 e. The van der Waals surface area contributed by atoms with Crippen molar-refractivity contribution >= 4 is 11.8 Å². The van der Waals surface area contributed by atoms with Crippen LogP contribution in [0.3, 0.4) is 0 Å². The summed E-state index contributed by atoms with van der Waals surface area (Å²) in [4.78, 5) is 27.3. The standard InChI is InChI=1S/C17H19N3O2/c1-11(2)10-19-17(22)13-8-6-12(7-9-13)14-4-3-5-15(20-14)16(18)21/h3-9,11H,10H2,1-2H3,(H2,18,21)(H,19,22). The van der Waals surface area contributed by atoms with Gasteiger partial charge in [0.25, 0.3) is 11.8 Å². The summed E-state index contributed by atoms with van der Waals surface area (Å²) in [5.74, 6) is -0.255. The van der Waals surface area contributed by atoms with Gasteiger partial charge >= 0.3 is 0 Å². The van der Waals surface area contributed by atoms with E-state index in [1.807, 2.05) is 13.8 Å². The number of carbonyl (C=O) groups excluding carboxylic acids is 2. The molecule has 1 heterocycles. The molecule has 0 atom stereocenters. The minimum atomic E-state index is -0.563. The van der Waals surface area contributed by atoms with E-state index in [1.54, 1.807) is 42.5 Å². The lowest BCUT2D eigenvalue weighted by Gasteiger charge is -2.08. The van der Waals surface area contributed by atoms with Crippen LogP contribution in [0, 0.1) is 5.92 Å². The Morgan fingerprint density at radius 3 is 2.41 bits per heavy atom. The number of nitrogens with zero attached hydrogens (tertiary/aromatic N) is 1. The highest BCUT2D eigenvalue weighted by Gasteiger charge is 2.08. The molecule has 0 radical (unpaired) electrons. The van der Waals surface area contributed by atoms with Gasteiger partial charge in [0.05, 0.1) is 5.69 Å². The molecule has 0 aliphatic rings. The molecule has 5 heteroatoms. The Morgan fingerprint density at radius 2 is 1.82 bits per heavy atom. The largest absolute Gasteiger partial charge is 0.364 e. The van der Waals surface area contributed by atoms with Crippen molar-refractivity contribution in [3.05, 3.63) is 53.7 Å². The maximum Gasteiger partial charge on any atom is 0.267 e. The normalized spacial score (nSPS) is 10.5. The van der Waals surface area contributed by atoms with Crippen molar-refractivity contribution in [3.8, 4) is 11.3 Å². The van der Waals surface area contributed by atoms with E-state index >= 15 is 0 Å². The molecular weight excluding hydrogens is 278 g/mol. The van der Waals surface area contributed by atoms with Crippen molar-refractivity contribution in [2.45, 2.75) is 13.8 Å². The fourth-order valence-corrected chi connectivity index (χ4v) is 1.92. The summed E-state index contributed by atoms with van der Waals surface area (Å²) < 4.78 is 0. The van der Waals surface area contributed by atoms with E-state index in [4.69, 9.17) is 5.73 Å². The van der Waals surface area contributed by atoms with Gasteiger partial charge in [-0.2, -0.15) is 0 Å². The molecule has 0 aliphatic carbocycles. The van der Waals surface area contributed by atoms with Gasteiger partial charge in [-0.25, -0.2) is 4.98 Å². The lowest BCUT2D eigenvalue weighted by molar-refractivity contribution is 0.0947. The summed E-state index contributed by atoms with van der Waals surface area (Å²) in [6.07, 6.45) is 0. The number of primary amides is 1. The van der Waals surface area contributed by atoms with E-state index < -0.39 is 5.91 Å². The first-order valence-electron chi connectivity index (χ1n) is 7.13. The van der Waals surface area contributed by atoms with Gasteiger partial charge in [0.15, 0.2) is 0 Å². The maximum atomic E-state index is 12.0. The highest BCUT2D eigenvalue weighted by molar-refractivity contribution is 5.94. The van der Waals surface area contributed by atoms with Crippen molar-refractivity contribution in [3.63, 3.8) is 0 Å². The monoisotopic (exact) mass is 297 g/mol. The van der Waals surface area contributed by atoms with Crippen LogP contribution in [0.1, 0.15) is 34.7 Å². The number of benzene rings is 1. The number of amides is 2. The number of aromatic nitrogens is 1. The molecule has 0 fully saturated rings. The Hall–Kier alpha value is -2.69. The summed E-state index contributed by atoms with van der Waals surface area (Å²) in [5.41, 5.74) is 7.51. The van der Waals surface area contributed by atoms with Crippen molar-refractivity contribution in [2.75, 3.05) is 6.54 Å². The van der Waals surface area contributed by atoms with E-state index in [0.29, 0.717) is 23.7 Å². The first kappa shape index (κ1) is 15.7. The number of nitrogens with one attached hydrogen (secondary N) is 1. The summed E-state index contributed by atoms with van der Waals surface area (Å²) in [6.45, 7) is 4.73. The number of hydrogen-bond donors (Lipinski definition) is 2. The van der Waals surface area contributed by atoms with Crippen molar-refractivity contribution in [1.29, 1.82) is 0 Å². The molecule has 3 N–H and O–H groups in total. The van der Waals surface area contributed by atoms with Crippen LogP contribution in [0.15, 0.2) is 42.5 Å². The highest BCUT2D eigenvalue weighted by Crippen LogP contribution is 2.18. The van der Waals surface area contributed by atoms with Crippen LogP contribution in [0.4, 0.5) is 0 Å². The zero-order valence-electron chi connectivity index (χ0n) is 12.7. The molecule has 1 aromatic heterocycles. The van der Waals surface area contributed by atoms with Gasteiger partial charge in [-0.05, 0) is 30.2 Å². The topological polar surface area (TPSA) is 85.1 Å². The second-order valence-corrected chi connectivity index (χ2v) is 5.45. The van der Waals surface area contributed by atoms with Crippen LogP contribution in [-0.2, 0) is 0 Å². The third-order valence-corrected chi connectivity index (χ3v) is 3.12. The highest BCUT2D eigenvalue weighted by atomic mass is 16.2. The lowest BCUT2D eigenvalue weighted by atomic mass is 10.1. The molecule has 0 saturated carbocycles. The van der Waals surface area contributed by atoms with Crippen LogP contribution in [0.5, 0.6) is 0 Å². The molecule has 5 nitrogen and oxygen atoms in total.